The van der Waals surface area contributed by atoms with Gasteiger partial charge in [0.15, 0.2) is 0 Å². The predicted octanol–water partition coefficient (Wildman–Crippen LogP) is 5.38. The molecular formula is C22H21F3N4. The van der Waals surface area contributed by atoms with Crippen molar-refractivity contribution in [3.05, 3.63) is 76.2 Å². The normalized spacial score (nSPS) is 15.9. The van der Waals surface area contributed by atoms with Gasteiger partial charge in [0.05, 0.1) is 11.7 Å². The molecule has 2 aromatic carbocycles. The van der Waals surface area contributed by atoms with Crippen molar-refractivity contribution < 1.29 is 13.2 Å². The topological polar surface area (TPSA) is 41.1 Å². The summed E-state index contributed by atoms with van der Waals surface area (Å²) in [6.45, 7) is 6.53. The van der Waals surface area contributed by atoms with Crippen LogP contribution in [0.25, 0.3) is 0 Å². The lowest BCUT2D eigenvalue weighted by molar-refractivity contribution is 0.585. The second kappa shape index (κ2) is 7.39. The van der Waals surface area contributed by atoms with Crippen LogP contribution in [0.15, 0.2) is 36.4 Å². The van der Waals surface area contributed by atoms with Gasteiger partial charge in [0.1, 0.15) is 23.3 Å². The van der Waals surface area contributed by atoms with E-state index in [9.17, 15) is 13.2 Å². The van der Waals surface area contributed by atoms with Crippen LogP contribution in [-0.2, 0) is 6.42 Å². The van der Waals surface area contributed by atoms with Gasteiger partial charge in [-0.2, -0.15) is 4.98 Å². The Labute approximate surface area is 167 Å². The Kier molecular flexibility index (Phi) is 4.90. The number of halogens is 3. The molecule has 0 radical (unpaired) electrons. The summed E-state index contributed by atoms with van der Waals surface area (Å²) >= 11 is 0. The average Bonchev–Trinajstić information content (AvgIpc) is 2.68. The molecule has 1 atom stereocenters. The highest BCUT2D eigenvalue weighted by Gasteiger charge is 2.27. The summed E-state index contributed by atoms with van der Waals surface area (Å²) in [4.78, 5) is 11.1. The number of nitrogens with zero attached hydrogens (tertiary/aromatic N) is 3. The maximum Gasteiger partial charge on any atom is 0.229 e. The average molecular weight is 398 g/mol. The van der Waals surface area contributed by atoms with E-state index >= 15 is 0 Å². The molecule has 0 spiro atoms. The van der Waals surface area contributed by atoms with E-state index in [1.54, 1.807) is 6.07 Å². The fraction of sp³-hybridized carbons (Fsp3) is 0.273. The van der Waals surface area contributed by atoms with E-state index in [1.165, 1.54) is 18.2 Å². The lowest BCUT2D eigenvalue weighted by atomic mass is 9.93. The van der Waals surface area contributed by atoms with Crippen LogP contribution in [0.5, 0.6) is 0 Å². The zero-order valence-electron chi connectivity index (χ0n) is 16.4. The van der Waals surface area contributed by atoms with Gasteiger partial charge >= 0.3 is 0 Å². The molecule has 1 unspecified atom stereocenters. The van der Waals surface area contributed by atoms with E-state index in [2.05, 4.69) is 20.2 Å². The van der Waals surface area contributed by atoms with Gasteiger partial charge in [-0.3, -0.25) is 0 Å². The number of hydrogen-bond donors (Lipinski definition) is 1. The zero-order chi connectivity index (χ0) is 20.7. The molecule has 2 heterocycles. The third-order valence-corrected chi connectivity index (χ3v) is 5.46. The van der Waals surface area contributed by atoms with E-state index in [-0.39, 0.29) is 23.5 Å². The smallest absolute Gasteiger partial charge is 0.229 e. The van der Waals surface area contributed by atoms with Gasteiger partial charge in [0, 0.05) is 23.9 Å². The van der Waals surface area contributed by atoms with Crippen molar-refractivity contribution in [2.45, 2.75) is 33.2 Å². The molecule has 4 nitrogen and oxygen atoms in total. The Morgan fingerprint density at radius 3 is 2.48 bits per heavy atom. The Hall–Kier alpha value is -3.09. The van der Waals surface area contributed by atoms with Crippen LogP contribution in [0.2, 0.25) is 0 Å². The number of nitrogens with one attached hydrogen (secondary N) is 1. The molecule has 7 heteroatoms. The Balaban J connectivity index is 1.71. The molecule has 1 aliphatic heterocycles. The number of benzene rings is 2. The standard InChI is InChI=1S/C22H21F3N4/c1-12-13(2)26-22(27-20-7-6-17(24)11-19(20)25)28-21(12)29-9-8-15-4-5-16(23)10-18(15)14(29)3/h4-7,10-11,14H,8-9H2,1-3H3,(H,26,27,28). The lowest BCUT2D eigenvalue weighted by Crippen LogP contribution is -2.35. The van der Waals surface area contributed by atoms with Crippen LogP contribution < -0.4 is 10.2 Å². The maximum absolute atomic E-state index is 14.0. The third-order valence-electron chi connectivity index (χ3n) is 5.46. The van der Waals surface area contributed by atoms with Crippen molar-refractivity contribution in [1.29, 1.82) is 0 Å². The molecule has 0 bridgehead atoms. The molecule has 150 valence electrons. The van der Waals surface area contributed by atoms with Gasteiger partial charge in [0.25, 0.3) is 0 Å². The van der Waals surface area contributed by atoms with E-state index in [0.29, 0.717) is 5.82 Å². The summed E-state index contributed by atoms with van der Waals surface area (Å²) in [5.41, 5.74) is 3.81. The number of aromatic nitrogens is 2. The molecule has 0 saturated carbocycles. The van der Waals surface area contributed by atoms with E-state index in [1.807, 2.05) is 26.8 Å². The van der Waals surface area contributed by atoms with Crippen molar-refractivity contribution in [3.63, 3.8) is 0 Å². The van der Waals surface area contributed by atoms with Crippen LogP contribution in [-0.4, -0.2) is 16.5 Å². The fourth-order valence-corrected chi connectivity index (χ4v) is 3.73. The second-order valence-electron chi connectivity index (χ2n) is 7.29. The number of fused-ring (bicyclic) bond motifs is 1. The SMILES string of the molecule is Cc1nc(Nc2ccc(F)cc2F)nc(N2CCc3ccc(F)cc3C2C)c1C. The number of aryl methyl sites for hydroxylation is 1. The second-order valence-corrected chi connectivity index (χ2v) is 7.29. The molecule has 29 heavy (non-hydrogen) atoms. The summed E-state index contributed by atoms with van der Waals surface area (Å²) in [5.74, 6) is -0.690. The quantitative estimate of drug-likeness (QED) is 0.643. The van der Waals surface area contributed by atoms with Gasteiger partial charge in [-0.15, -0.1) is 0 Å². The molecule has 0 fully saturated rings. The van der Waals surface area contributed by atoms with Crippen molar-refractivity contribution in [1.82, 2.24) is 9.97 Å². The van der Waals surface area contributed by atoms with Crippen molar-refractivity contribution >= 4 is 17.5 Å². The predicted molar refractivity (Wildman–Crippen MR) is 107 cm³/mol. The van der Waals surface area contributed by atoms with Crippen molar-refractivity contribution in [2.75, 3.05) is 16.8 Å². The molecule has 1 aromatic heterocycles. The number of rotatable bonds is 3. The molecule has 0 amide bonds. The molecule has 1 aliphatic rings. The van der Waals surface area contributed by atoms with Gasteiger partial charge < -0.3 is 10.2 Å². The maximum atomic E-state index is 14.0. The first-order chi connectivity index (χ1) is 13.8. The van der Waals surface area contributed by atoms with Gasteiger partial charge in [0.2, 0.25) is 5.95 Å². The highest BCUT2D eigenvalue weighted by atomic mass is 19.1. The van der Waals surface area contributed by atoms with E-state index in [4.69, 9.17) is 0 Å². The molecule has 3 aromatic rings. The highest BCUT2D eigenvalue weighted by molar-refractivity contribution is 5.60. The largest absolute Gasteiger partial charge is 0.349 e. The van der Waals surface area contributed by atoms with Gasteiger partial charge in [-0.05, 0) is 62.6 Å². The molecule has 0 aliphatic carbocycles. The van der Waals surface area contributed by atoms with Crippen LogP contribution in [0, 0.1) is 31.3 Å². The Morgan fingerprint density at radius 1 is 1.00 bits per heavy atom. The summed E-state index contributed by atoms with van der Waals surface area (Å²) in [7, 11) is 0. The first-order valence-corrected chi connectivity index (χ1v) is 9.46. The molecule has 1 N–H and O–H groups in total. The van der Waals surface area contributed by atoms with Crippen LogP contribution in [0.3, 0.4) is 0 Å². The van der Waals surface area contributed by atoms with E-state index in [0.717, 1.165) is 41.4 Å². The minimum atomic E-state index is -0.718. The monoisotopic (exact) mass is 398 g/mol. The first kappa shape index (κ1) is 19.2. The first-order valence-electron chi connectivity index (χ1n) is 9.46. The zero-order valence-corrected chi connectivity index (χ0v) is 16.4. The fourth-order valence-electron chi connectivity index (χ4n) is 3.73. The summed E-state index contributed by atoms with van der Waals surface area (Å²) in [6.07, 6.45) is 0.776. The van der Waals surface area contributed by atoms with Crippen molar-refractivity contribution in [2.24, 2.45) is 0 Å². The third kappa shape index (κ3) is 3.64. The summed E-state index contributed by atoms with van der Waals surface area (Å²) in [5, 5.41) is 2.84. The lowest BCUT2D eigenvalue weighted by Gasteiger charge is -2.37. The molecular weight excluding hydrogens is 377 g/mol. The minimum absolute atomic E-state index is 0.0714. The minimum Gasteiger partial charge on any atom is -0.349 e. The molecule has 0 saturated heterocycles. The van der Waals surface area contributed by atoms with Gasteiger partial charge in [-0.25, -0.2) is 18.2 Å². The summed E-state index contributed by atoms with van der Waals surface area (Å²) in [6, 6.07) is 8.11. The van der Waals surface area contributed by atoms with E-state index < -0.39 is 11.6 Å². The van der Waals surface area contributed by atoms with Crippen molar-refractivity contribution in [3.8, 4) is 0 Å². The molecule has 4 rings (SSSR count). The van der Waals surface area contributed by atoms with Crippen LogP contribution >= 0.6 is 0 Å². The van der Waals surface area contributed by atoms with Crippen LogP contribution in [0.1, 0.15) is 35.3 Å². The number of hydrogen-bond acceptors (Lipinski definition) is 4. The Bertz CT molecular complexity index is 1080. The van der Waals surface area contributed by atoms with Gasteiger partial charge in [-0.1, -0.05) is 6.07 Å². The van der Waals surface area contributed by atoms with Crippen LogP contribution in [0.4, 0.5) is 30.6 Å². The summed E-state index contributed by atoms with van der Waals surface area (Å²) < 4.78 is 41.0. The number of anilines is 3. The Morgan fingerprint density at radius 2 is 1.72 bits per heavy atom. The highest BCUT2D eigenvalue weighted by Crippen LogP contribution is 2.35.